The van der Waals surface area contributed by atoms with Gasteiger partial charge in [-0.15, -0.1) is 0 Å². The first kappa shape index (κ1) is 17.8. The molecule has 3 aromatic rings. The first-order valence-electron chi connectivity index (χ1n) is 11.4. The maximum Gasteiger partial charge on any atom is 0.254 e. The molecule has 1 aromatic carbocycles. The van der Waals surface area contributed by atoms with Crippen molar-refractivity contribution in [2.24, 2.45) is 13.0 Å². The maximum atomic E-state index is 12.5. The molecule has 0 bridgehead atoms. The van der Waals surface area contributed by atoms with Crippen molar-refractivity contribution in [2.75, 3.05) is 29.6 Å². The minimum atomic E-state index is -1.79. The van der Waals surface area contributed by atoms with Crippen LogP contribution >= 0.6 is 0 Å². The second-order valence-corrected chi connectivity index (χ2v) is 8.02. The molecule has 1 aliphatic carbocycles. The van der Waals surface area contributed by atoms with Crippen LogP contribution in [-0.2, 0) is 18.3 Å². The maximum absolute atomic E-state index is 12.5. The van der Waals surface area contributed by atoms with Crippen LogP contribution in [0.4, 0.5) is 22.9 Å². The highest BCUT2D eigenvalue weighted by Gasteiger charge is 2.30. The Hall–Kier alpha value is -3.88. The molecule has 0 spiro atoms. The molecule has 9 nitrogen and oxygen atoms in total. The smallest absolute Gasteiger partial charge is 0.254 e. The van der Waals surface area contributed by atoms with E-state index in [1.54, 1.807) is 35.9 Å². The molecule has 164 valence electrons. The quantitative estimate of drug-likeness (QED) is 0.572. The SMILES string of the molecule is [2H]C1([2H])c2cn(C)nc2-c2cccc(Nc3cc(NC(=O)C4CC4)ncc3C(=O)NC)c2N1C. The van der Waals surface area contributed by atoms with E-state index in [1.807, 2.05) is 18.2 Å². The Balaban J connectivity index is 1.59. The van der Waals surface area contributed by atoms with Crippen LogP contribution in [0.5, 0.6) is 0 Å². The van der Waals surface area contributed by atoms with E-state index < -0.39 is 6.50 Å². The molecular weight excluding hydrogens is 406 g/mol. The molecule has 3 heterocycles. The summed E-state index contributed by atoms with van der Waals surface area (Å²) >= 11 is 0. The monoisotopic (exact) mass is 433 g/mol. The zero-order valence-electron chi connectivity index (χ0n) is 20.1. The molecule has 2 amide bonds. The predicted octanol–water partition coefficient (Wildman–Crippen LogP) is 2.88. The molecule has 2 aromatic heterocycles. The van der Waals surface area contributed by atoms with Crippen LogP contribution in [0.3, 0.4) is 0 Å². The minimum Gasteiger partial charge on any atom is -0.368 e. The average Bonchev–Trinajstić information content (AvgIpc) is 3.58. The van der Waals surface area contributed by atoms with Gasteiger partial charge in [-0.05, 0) is 18.9 Å². The Morgan fingerprint density at radius 1 is 1.22 bits per heavy atom. The highest BCUT2D eigenvalue weighted by atomic mass is 16.2. The highest BCUT2D eigenvalue weighted by molar-refractivity contribution is 6.02. The summed E-state index contributed by atoms with van der Waals surface area (Å²) in [6.45, 7) is -1.79. The number of anilines is 4. The summed E-state index contributed by atoms with van der Waals surface area (Å²) in [6, 6.07) is 7.18. The largest absolute Gasteiger partial charge is 0.368 e. The number of hydrogen-bond acceptors (Lipinski definition) is 6. The Morgan fingerprint density at radius 3 is 2.78 bits per heavy atom. The summed E-state index contributed by atoms with van der Waals surface area (Å²) in [5.74, 6) is -0.0663. The second kappa shape index (κ2) is 7.67. The zero-order valence-corrected chi connectivity index (χ0v) is 18.1. The van der Waals surface area contributed by atoms with E-state index in [4.69, 9.17) is 2.74 Å². The van der Waals surface area contributed by atoms with E-state index in [0.29, 0.717) is 39.7 Å². The lowest BCUT2D eigenvalue weighted by atomic mass is 9.99. The first-order valence-corrected chi connectivity index (χ1v) is 10.4. The van der Waals surface area contributed by atoms with Gasteiger partial charge in [0.2, 0.25) is 5.91 Å². The van der Waals surface area contributed by atoms with Gasteiger partial charge in [0.1, 0.15) is 5.82 Å². The first-order chi connectivity index (χ1) is 16.2. The number of fused-ring (bicyclic) bond motifs is 3. The van der Waals surface area contributed by atoms with Crippen molar-refractivity contribution in [1.29, 1.82) is 0 Å². The van der Waals surface area contributed by atoms with Crippen molar-refractivity contribution in [3.05, 3.63) is 47.8 Å². The van der Waals surface area contributed by atoms with Crippen molar-refractivity contribution in [2.45, 2.75) is 19.3 Å². The van der Waals surface area contributed by atoms with Crippen LogP contribution in [0, 0.1) is 5.92 Å². The zero-order chi connectivity index (χ0) is 24.2. The van der Waals surface area contributed by atoms with Crippen LogP contribution in [0.25, 0.3) is 11.3 Å². The van der Waals surface area contributed by atoms with Crippen LogP contribution < -0.4 is 20.9 Å². The molecule has 5 rings (SSSR count). The fraction of sp³-hybridized carbons (Fsp3) is 0.304. The predicted molar refractivity (Wildman–Crippen MR) is 123 cm³/mol. The van der Waals surface area contributed by atoms with Crippen molar-refractivity contribution >= 4 is 34.7 Å². The Morgan fingerprint density at radius 2 is 2.03 bits per heavy atom. The average molecular weight is 434 g/mol. The minimum absolute atomic E-state index is 0.0152. The number of pyridine rings is 1. The van der Waals surface area contributed by atoms with Gasteiger partial charge in [0.05, 0.1) is 31.1 Å². The summed E-state index contributed by atoms with van der Waals surface area (Å²) in [5.41, 5.74) is 3.78. The van der Waals surface area contributed by atoms with Gasteiger partial charge in [-0.25, -0.2) is 4.98 Å². The van der Waals surface area contributed by atoms with E-state index >= 15 is 0 Å². The fourth-order valence-corrected chi connectivity index (χ4v) is 3.86. The van der Waals surface area contributed by atoms with E-state index in [1.165, 1.54) is 13.2 Å². The van der Waals surface area contributed by atoms with Crippen molar-refractivity contribution < 1.29 is 12.3 Å². The van der Waals surface area contributed by atoms with E-state index in [0.717, 1.165) is 18.4 Å². The number of nitrogens with one attached hydrogen (secondary N) is 3. The Bertz CT molecular complexity index is 1320. The fourth-order valence-electron chi connectivity index (χ4n) is 3.86. The van der Waals surface area contributed by atoms with Crippen molar-refractivity contribution in [3.63, 3.8) is 0 Å². The number of aromatic nitrogens is 3. The molecule has 0 saturated heterocycles. The topological polar surface area (TPSA) is 104 Å². The molecule has 1 fully saturated rings. The molecule has 1 saturated carbocycles. The van der Waals surface area contributed by atoms with Crippen LogP contribution in [0.1, 0.15) is 31.5 Å². The molecular formula is C23H25N7O2. The van der Waals surface area contributed by atoms with Gasteiger partial charge in [-0.2, -0.15) is 5.10 Å². The van der Waals surface area contributed by atoms with E-state index in [2.05, 4.69) is 26.0 Å². The molecule has 9 heteroatoms. The number of nitrogens with zero attached hydrogens (tertiary/aromatic N) is 4. The number of benzene rings is 1. The van der Waals surface area contributed by atoms with Gasteiger partial charge < -0.3 is 20.9 Å². The molecule has 32 heavy (non-hydrogen) atoms. The lowest BCUT2D eigenvalue weighted by Crippen LogP contribution is -2.23. The van der Waals surface area contributed by atoms with Gasteiger partial charge in [0.25, 0.3) is 5.91 Å². The van der Waals surface area contributed by atoms with Crippen molar-refractivity contribution in [1.82, 2.24) is 20.1 Å². The third-order valence-electron chi connectivity index (χ3n) is 5.59. The molecule has 3 N–H and O–H groups in total. The standard InChI is InChI=1S/C23H25N7O2/c1-24-23(32)16-10-25-19(27-22(31)13-7-8-13)9-18(16)26-17-6-4-5-15-20-14(12-30(3)28-20)11-29(2)21(15)17/h4-6,9-10,12-13H,7-8,11H2,1-3H3,(H,24,32)(H2,25,26,27,31)/i11D2. The number of para-hydroxylation sites is 1. The van der Waals surface area contributed by atoms with E-state index in [-0.39, 0.29) is 17.7 Å². The van der Waals surface area contributed by atoms with Gasteiger partial charge in [0.15, 0.2) is 0 Å². The van der Waals surface area contributed by atoms with Crippen LogP contribution in [0.15, 0.2) is 36.7 Å². The van der Waals surface area contributed by atoms with Crippen LogP contribution in [0.2, 0.25) is 0 Å². The third-order valence-corrected chi connectivity index (χ3v) is 5.59. The molecule has 0 unspecified atom stereocenters. The lowest BCUT2D eigenvalue weighted by molar-refractivity contribution is -0.117. The normalized spacial score (nSPS) is 16.9. The highest BCUT2D eigenvalue weighted by Crippen LogP contribution is 2.43. The summed E-state index contributed by atoms with van der Waals surface area (Å²) in [7, 11) is 4.98. The van der Waals surface area contributed by atoms with Crippen molar-refractivity contribution in [3.8, 4) is 11.3 Å². The number of carbonyl (C=O) groups excluding carboxylic acids is 2. The summed E-state index contributed by atoms with van der Waals surface area (Å²) in [6.07, 6.45) is 4.84. The number of amides is 2. The van der Waals surface area contributed by atoms with E-state index in [9.17, 15) is 9.59 Å². The number of hydrogen-bond donors (Lipinski definition) is 3. The summed E-state index contributed by atoms with van der Waals surface area (Å²) < 4.78 is 19.0. The number of rotatable bonds is 5. The lowest BCUT2D eigenvalue weighted by Gasteiger charge is -2.29. The number of carbonyl (C=O) groups is 2. The molecule has 2 aliphatic rings. The molecule has 0 radical (unpaired) electrons. The van der Waals surface area contributed by atoms with Gasteiger partial charge in [0, 0.05) is 63.1 Å². The molecule has 1 aliphatic heterocycles. The van der Waals surface area contributed by atoms with Crippen LogP contribution in [-0.4, -0.2) is 40.7 Å². The molecule has 0 atom stereocenters. The Labute approximate surface area is 188 Å². The Kier molecular flexibility index (Phi) is 4.26. The third kappa shape index (κ3) is 3.55. The van der Waals surface area contributed by atoms with Gasteiger partial charge >= 0.3 is 0 Å². The number of aryl methyl sites for hydroxylation is 1. The van der Waals surface area contributed by atoms with Gasteiger partial charge in [-0.3, -0.25) is 14.3 Å². The second-order valence-electron chi connectivity index (χ2n) is 8.02. The summed E-state index contributed by atoms with van der Waals surface area (Å²) in [5, 5.41) is 13.2. The summed E-state index contributed by atoms with van der Waals surface area (Å²) in [4.78, 5) is 30.6. The van der Waals surface area contributed by atoms with Gasteiger partial charge in [-0.1, -0.05) is 12.1 Å².